The average Bonchev–Trinajstić information content (AvgIpc) is 2.63. The van der Waals surface area contributed by atoms with Crippen LogP contribution in [0.2, 0.25) is 5.02 Å². The summed E-state index contributed by atoms with van der Waals surface area (Å²) in [6.07, 6.45) is 0. The molecule has 3 rings (SSSR count). The summed E-state index contributed by atoms with van der Waals surface area (Å²) in [7, 11) is 1.52. The van der Waals surface area contributed by atoms with E-state index in [-0.39, 0.29) is 17.4 Å². The quantitative estimate of drug-likeness (QED) is 0.825. The number of rotatable bonds is 3. The van der Waals surface area contributed by atoms with Gasteiger partial charge in [0.1, 0.15) is 17.6 Å². The number of nitrogens with zero attached hydrogens (tertiary/aromatic N) is 2. The van der Waals surface area contributed by atoms with Crippen molar-refractivity contribution in [2.75, 3.05) is 25.1 Å². The van der Waals surface area contributed by atoms with Gasteiger partial charge in [-0.25, -0.2) is 4.39 Å². The van der Waals surface area contributed by atoms with E-state index in [4.69, 9.17) is 16.3 Å². The zero-order valence-electron chi connectivity index (χ0n) is 14.4. The van der Waals surface area contributed by atoms with Gasteiger partial charge in [0.15, 0.2) is 0 Å². The van der Waals surface area contributed by atoms with E-state index < -0.39 is 11.9 Å². The molecule has 26 heavy (non-hydrogen) atoms. The number of methoxy groups -OCH3 is 1. The highest BCUT2D eigenvalue weighted by molar-refractivity contribution is 6.31. The molecule has 1 heterocycles. The van der Waals surface area contributed by atoms with E-state index in [0.29, 0.717) is 29.5 Å². The van der Waals surface area contributed by atoms with Gasteiger partial charge in [-0.15, -0.1) is 0 Å². The molecule has 1 aliphatic heterocycles. The summed E-state index contributed by atoms with van der Waals surface area (Å²) >= 11 is 6.06. The number of carbonyl (C=O) groups is 2. The van der Waals surface area contributed by atoms with Gasteiger partial charge in [0.05, 0.1) is 12.8 Å². The van der Waals surface area contributed by atoms with Crippen LogP contribution in [-0.4, -0.2) is 43.0 Å². The lowest BCUT2D eigenvalue weighted by Gasteiger charge is -2.39. The maximum Gasteiger partial charge on any atom is 0.254 e. The summed E-state index contributed by atoms with van der Waals surface area (Å²) in [6.45, 7) is 2.27. The number of amides is 2. The lowest BCUT2D eigenvalue weighted by molar-refractivity contribution is -0.124. The Labute approximate surface area is 155 Å². The van der Waals surface area contributed by atoms with Crippen molar-refractivity contribution >= 4 is 29.1 Å². The molecular weight excluding hydrogens is 359 g/mol. The predicted molar refractivity (Wildman–Crippen MR) is 97.3 cm³/mol. The highest BCUT2D eigenvalue weighted by atomic mass is 35.5. The van der Waals surface area contributed by atoms with Crippen LogP contribution in [0, 0.1) is 5.82 Å². The number of hydrogen-bond donors (Lipinski definition) is 0. The average molecular weight is 377 g/mol. The molecule has 7 heteroatoms. The lowest BCUT2D eigenvalue weighted by atomic mass is 10.1. The van der Waals surface area contributed by atoms with Crippen LogP contribution < -0.4 is 9.64 Å². The fourth-order valence-corrected chi connectivity index (χ4v) is 3.21. The molecule has 0 saturated carbocycles. The summed E-state index contributed by atoms with van der Waals surface area (Å²) in [5.41, 5.74) is 0.785. The van der Waals surface area contributed by atoms with Crippen molar-refractivity contribution < 1.29 is 18.7 Å². The molecule has 5 nitrogen and oxygen atoms in total. The third kappa shape index (κ3) is 3.37. The van der Waals surface area contributed by atoms with Crippen LogP contribution >= 0.6 is 11.6 Å². The van der Waals surface area contributed by atoms with Crippen molar-refractivity contribution in [3.8, 4) is 5.75 Å². The van der Waals surface area contributed by atoms with Crippen LogP contribution in [0.15, 0.2) is 42.5 Å². The first-order valence-corrected chi connectivity index (χ1v) is 8.51. The Morgan fingerprint density at radius 2 is 2.00 bits per heavy atom. The summed E-state index contributed by atoms with van der Waals surface area (Å²) in [4.78, 5) is 28.6. The van der Waals surface area contributed by atoms with E-state index in [2.05, 4.69) is 0 Å². The van der Waals surface area contributed by atoms with Gasteiger partial charge >= 0.3 is 0 Å². The van der Waals surface area contributed by atoms with Crippen molar-refractivity contribution in [2.45, 2.75) is 13.0 Å². The summed E-state index contributed by atoms with van der Waals surface area (Å²) in [6, 6.07) is 9.80. The van der Waals surface area contributed by atoms with Crippen molar-refractivity contribution in [3.63, 3.8) is 0 Å². The van der Waals surface area contributed by atoms with E-state index in [0.717, 1.165) is 0 Å². The van der Waals surface area contributed by atoms with Crippen molar-refractivity contribution in [3.05, 3.63) is 58.9 Å². The second-order valence-electron chi connectivity index (χ2n) is 5.99. The van der Waals surface area contributed by atoms with Crippen LogP contribution in [-0.2, 0) is 4.79 Å². The summed E-state index contributed by atoms with van der Waals surface area (Å²) in [5.74, 6) is -0.582. The fraction of sp³-hybridized carbons (Fsp3) is 0.263. The van der Waals surface area contributed by atoms with Gasteiger partial charge in [0, 0.05) is 23.7 Å². The highest BCUT2D eigenvalue weighted by Crippen LogP contribution is 2.33. The summed E-state index contributed by atoms with van der Waals surface area (Å²) in [5, 5.41) is 0.486. The zero-order valence-corrected chi connectivity index (χ0v) is 15.2. The van der Waals surface area contributed by atoms with Gasteiger partial charge in [-0.05, 0) is 43.3 Å². The Bertz CT molecular complexity index is 858. The van der Waals surface area contributed by atoms with Crippen LogP contribution in [0.5, 0.6) is 5.75 Å². The number of anilines is 1. The zero-order chi connectivity index (χ0) is 18.8. The Morgan fingerprint density at radius 3 is 2.69 bits per heavy atom. The Kier molecular flexibility index (Phi) is 5.13. The minimum Gasteiger partial charge on any atom is -0.495 e. The van der Waals surface area contributed by atoms with E-state index in [9.17, 15) is 14.0 Å². The molecule has 2 amide bonds. The minimum atomic E-state index is -0.691. The number of ether oxygens (including phenoxy) is 1. The van der Waals surface area contributed by atoms with E-state index in [1.165, 1.54) is 36.3 Å². The van der Waals surface area contributed by atoms with Gasteiger partial charge in [-0.1, -0.05) is 17.7 Å². The first-order chi connectivity index (χ1) is 12.4. The van der Waals surface area contributed by atoms with Crippen molar-refractivity contribution in [1.82, 2.24) is 4.90 Å². The molecule has 2 aromatic rings. The molecule has 1 fully saturated rings. The van der Waals surface area contributed by atoms with Gasteiger partial charge in [0.2, 0.25) is 5.91 Å². The first kappa shape index (κ1) is 18.2. The van der Waals surface area contributed by atoms with Crippen molar-refractivity contribution in [1.29, 1.82) is 0 Å². The Morgan fingerprint density at radius 1 is 1.23 bits per heavy atom. The van der Waals surface area contributed by atoms with Gasteiger partial charge in [0.25, 0.3) is 5.91 Å². The number of benzene rings is 2. The van der Waals surface area contributed by atoms with Gasteiger partial charge in [-0.2, -0.15) is 0 Å². The molecule has 2 aromatic carbocycles. The molecule has 136 valence electrons. The smallest absolute Gasteiger partial charge is 0.254 e. The van der Waals surface area contributed by atoms with E-state index in [1.54, 1.807) is 30.0 Å². The van der Waals surface area contributed by atoms with Gasteiger partial charge in [-0.3, -0.25) is 9.59 Å². The number of carbonyl (C=O) groups excluding carboxylic acids is 2. The largest absolute Gasteiger partial charge is 0.495 e. The molecule has 0 N–H and O–H groups in total. The fourth-order valence-electron chi connectivity index (χ4n) is 3.05. The second-order valence-corrected chi connectivity index (χ2v) is 6.43. The molecule has 1 saturated heterocycles. The standard InChI is InChI=1S/C19H18ClFN2O3/c1-12-18(24)23(16-11-14(20)6-7-17(16)26-2)9-8-22(12)19(25)13-4-3-5-15(21)10-13/h3-7,10-12H,8-9H2,1-2H3. The Hall–Kier alpha value is -2.60. The molecule has 1 unspecified atom stereocenters. The maximum absolute atomic E-state index is 13.4. The number of hydrogen-bond acceptors (Lipinski definition) is 3. The van der Waals surface area contributed by atoms with Gasteiger partial charge < -0.3 is 14.5 Å². The van der Waals surface area contributed by atoms with Crippen LogP contribution in [0.4, 0.5) is 10.1 Å². The molecule has 0 radical (unpaired) electrons. The SMILES string of the molecule is COc1ccc(Cl)cc1N1CCN(C(=O)c2cccc(F)c2)C(C)C1=O. The lowest BCUT2D eigenvalue weighted by Crippen LogP contribution is -2.57. The molecule has 1 atom stereocenters. The number of piperazine rings is 1. The molecule has 0 aliphatic carbocycles. The Balaban J connectivity index is 1.85. The van der Waals surface area contributed by atoms with E-state index >= 15 is 0 Å². The highest BCUT2D eigenvalue weighted by Gasteiger charge is 2.36. The topological polar surface area (TPSA) is 49.9 Å². The molecule has 0 spiro atoms. The normalized spacial score (nSPS) is 17.4. The molecular formula is C19H18ClFN2O3. The predicted octanol–water partition coefficient (Wildman–Crippen LogP) is 3.37. The number of halogens is 2. The monoisotopic (exact) mass is 376 g/mol. The minimum absolute atomic E-state index is 0.221. The molecule has 1 aliphatic rings. The third-order valence-corrected chi connectivity index (χ3v) is 4.65. The molecule has 0 aromatic heterocycles. The molecule has 0 bridgehead atoms. The third-order valence-electron chi connectivity index (χ3n) is 4.42. The first-order valence-electron chi connectivity index (χ1n) is 8.14. The second kappa shape index (κ2) is 7.33. The van der Waals surface area contributed by atoms with Crippen LogP contribution in [0.25, 0.3) is 0 Å². The maximum atomic E-state index is 13.4. The van der Waals surface area contributed by atoms with Crippen LogP contribution in [0.3, 0.4) is 0 Å². The van der Waals surface area contributed by atoms with E-state index in [1.807, 2.05) is 0 Å². The van der Waals surface area contributed by atoms with Crippen molar-refractivity contribution in [2.24, 2.45) is 0 Å². The van der Waals surface area contributed by atoms with Crippen LogP contribution in [0.1, 0.15) is 17.3 Å². The summed E-state index contributed by atoms with van der Waals surface area (Å²) < 4.78 is 18.7.